The van der Waals surface area contributed by atoms with Crippen LogP contribution in [-0.4, -0.2) is 12.5 Å². The second-order valence-corrected chi connectivity index (χ2v) is 2.65. The molecule has 59 valence electrons. The van der Waals surface area contributed by atoms with Crippen molar-refractivity contribution in [2.75, 3.05) is 6.54 Å². The zero-order chi connectivity index (χ0) is 7.98. The second-order valence-electron chi connectivity index (χ2n) is 2.65. The molecule has 0 unspecified atom stereocenters. The van der Waals surface area contributed by atoms with Crippen LogP contribution in [0.5, 0.6) is 0 Å². The monoisotopic (exact) mass is 142 g/mol. The summed E-state index contributed by atoms with van der Waals surface area (Å²) in [6.07, 6.45) is 1.86. The molecule has 1 N–H and O–H groups in total. The number of nitrogens with one attached hydrogen (secondary N) is 1. The maximum atomic E-state index is 10.9. The molecule has 1 radical (unpaired) electrons. The first-order valence-electron chi connectivity index (χ1n) is 3.75. The largest absolute Gasteiger partial charge is 0.356 e. The summed E-state index contributed by atoms with van der Waals surface area (Å²) >= 11 is 0. The molecule has 0 aliphatic rings. The zero-order valence-electron chi connectivity index (χ0n) is 6.81. The predicted octanol–water partition coefficient (Wildman–Crippen LogP) is 1.37. The highest BCUT2D eigenvalue weighted by Gasteiger charge is 2.03. The minimum absolute atomic E-state index is 0.102. The average molecular weight is 142 g/mol. The highest BCUT2D eigenvalue weighted by Crippen LogP contribution is 1.90. The van der Waals surface area contributed by atoms with E-state index in [1.54, 1.807) is 0 Å². The van der Waals surface area contributed by atoms with Crippen molar-refractivity contribution in [2.24, 2.45) is 5.92 Å². The molecule has 0 saturated carbocycles. The van der Waals surface area contributed by atoms with E-state index in [0.717, 1.165) is 19.4 Å². The van der Waals surface area contributed by atoms with Crippen molar-refractivity contribution in [3.05, 3.63) is 6.92 Å². The van der Waals surface area contributed by atoms with Crippen molar-refractivity contribution in [1.29, 1.82) is 0 Å². The van der Waals surface area contributed by atoms with Crippen LogP contribution in [0.2, 0.25) is 0 Å². The minimum atomic E-state index is 0.102. The quantitative estimate of drug-likeness (QED) is 0.590. The van der Waals surface area contributed by atoms with E-state index in [1.807, 2.05) is 13.8 Å². The van der Waals surface area contributed by atoms with Gasteiger partial charge in [-0.15, -0.1) is 0 Å². The summed E-state index contributed by atoms with van der Waals surface area (Å²) in [4.78, 5) is 10.9. The summed E-state index contributed by atoms with van der Waals surface area (Å²) in [6.45, 7) is 8.22. The van der Waals surface area contributed by atoms with Crippen LogP contribution in [0.25, 0.3) is 0 Å². The molecular weight excluding hydrogens is 126 g/mol. The number of unbranched alkanes of at least 4 members (excludes halogenated alkanes) is 1. The van der Waals surface area contributed by atoms with Crippen LogP contribution in [-0.2, 0) is 4.79 Å². The Labute approximate surface area is 63.0 Å². The van der Waals surface area contributed by atoms with E-state index in [0.29, 0.717) is 0 Å². The minimum Gasteiger partial charge on any atom is -0.356 e. The van der Waals surface area contributed by atoms with Crippen molar-refractivity contribution in [3.8, 4) is 0 Å². The molecule has 0 aromatic carbocycles. The Morgan fingerprint density at radius 3 is 2.60 bits per heavy atom. The molecule has 0 atom stereocenters. The van der Waals surface area contributed by atoms with Crippen LogP contribution in [0.3, 0.4) is 0 Å². The van der Waals surface area contributed by atoms with Gasteiger partial charge in [-0.1, -0.05) is 27.2 Å². The van der Waals surface area contributed by atoms with E-state index < -0.39 is 0 Å². The number of carbonyl (C=O) groups excluding carboxylic acids is 1. The first kappa shape index (κ1) is 9.47. The average Bonchev–Trinajstić information content (AvgIpc) is 1.88. The maximum absolute atomic E-state index is 10.9. The van der Waals surface area contributed by atoms with E-state index in [4.69, 9.17) is 0 Å². The van der Waals surface area contributed by atoms with Gasteiger partial charge in [0, 0.05) is 12.5 Å². The van der Waals surface area contributed by atoms with Crippen LogP contribution < -0.4 is 5.32 Å². The van der Waals surface area contributed by atoms with Gasteiger partial charge < -0.3 is 5.32 Å². The molecule has 0 aliphatic carbocycles. The number of hydrogen-bond acceptors (Lipinski definition) is 1. The van der Waals surface area contributed by atoms with Crippen molar-refractivity contribution in [3.63, 3.8) is 0 Å². The lowest BCUT2D eigenvalue weighted by Crippen LogP contribution is -2.28. The lowest BCUT2D eigenvalue weighted by Gasteiger charge is -2.05. The van der Waals surface area contributed by atoms with Gasteiger partial charge in [-0.2, -0.15) is 0 Å². The Kier molecular flexibility index (Phi) is 4.99. The Bertz CT molecular complexity index is 99.4. The Hall–Kier alpha value is -0.530. The maximum Gasteiger partial charge on any atom is 0.222 e. The number of hydrogen-bond donors (Lipinski definition) is 1. The van der Waals surface area contributed by atoms with E-state index in [-0.39, 0.29) is 11.8 Å². The molecule has 1 amide bonds. The standard InChI is InChI=1S/C8H16NO/c1-4-5-6-9-8(10)7(2)3/h7H,1,4-6H2,2-3H3,(H,9,10). The Morgan fingerprint density at radius 2 is 2.20 bits per heavy atom. The molecule has 2 heteroatoms. The van der Waals surface area contributed by atoms with E-state index >= 15 is 0 Å². The topological polar surface area (TPSA) is 29.1 Å². The second kappa shape index (κ2) is 5.27. The lowest BCUT2D eigenvalue weighted by atomic mass is 10.2. The summed E-state index contributed by atoms with van der Waals surface area (Å²) in [5.41, 5.74) is 0. The first-order valence-corrected chi connectivity index (χ1v) is 3.75. The number of carbonyl (C=O) groups is 1. The Morgan fingerprint density at radius 1 is 1.60 bits per heavy atom. The predicted molar refractivity (Wildman–Crippen MR) is 42.4 cm³/mol. The van der Waals surface area contributed by atoms with Gasteiger partial charge in [0.25, 0.3) is 0 Å². The van der Waals surface area contributed by atoms with Crippen molar-refractivity contribution >= 4 is 5.91 Å². The fraction of sp³-hybridized carbons (Fsp3) is 0.750. The first-order chi connectivity index (χ1) is 4.68. The van der Waals surface area contributed by atoms with Crippen LogP contribution in [0.1, 0.15) is 26.7 Å². The van der Waals surface area contributed by atoms with Crippen LogP contribution in [0.15, 0.2) is 0 Å². The highest BCUT2D eigenvalue weighted by atomic mass is 16.1. The molecule has 0 aromatic heterocycles. The normalized spacial score (nSPS) is 10.0. The van der Waals surface area contributed by atoms with Gasteiger partial charge >= 0.3 is 0 Å². The van der Waals surface area contributed by atoms with Crippen molar-refractivity contribution in [2.45, 2.75) is 26.7 Å². The third kappa shape index (κ3) is 4.36. The van der Waals surface area contributed by atoms with Gasteiger partial charge in [-0.25, -0.2) is 0 Å². The summed E-state index contributed by atoms with van der Waals surface area (Å²) < 4.78 is 0. The van der Waals surface area contributed by atoms with Crippen molar-refractivity contribution < 1.29 is 4.79 Å². The summed E-state index contributed by atoms with van der Waals surface area (Å²) in [7, 11) is 0. The SMILES string of the molecule is [CH2]CCCNC(=O)C(C)C. The molecule has 2 nitrogen and oxygen atoms in total. The molecular formula is C8H16NO. The molecule has 10 heavy (non-hydrogen) atoms. The third-order valence-corrected chi connectivity index (χ3v) is 1.25. The van der Waals surface area contributed by atoms with Crippen LogP contribution in [0.4, 0.5) is 0 Å². The Balaban J connectivity index is 3.22. The van der Waals surface area contributed by atoms with Gasteiger partial charge in [0.2, 0.25) is 5.91 Å². The van der Waals surface area contributed by atoms with E-state index in [1.165, 1.54) is 0 Å². The third-order valence-electron chi connectivity index (χ3n) is 1.25. The summed E-state index contributed by atoms with van der Waals surface area (Å²) in [6, 6.07) is 0. The molecule has 0 rings (SSSR count). The fourth-order valence-corrected chi connectivity index (χ4v) is 0.541. The summed E-state index contributed by atoms with van der Waals surface area (Å²) in [5, 5.41) is 2.80. The lowest BCUT2D eigenvalue weighted by molar-refractivity contribution is -0.123. The number of amides is 1. The fourth-order valence-electron chi connectivity index (χ4n) is 0.541. The molecule has 0 spiro atoms. The molecule has 0 heterocycles. The molecule has 0 saturated heterocycles. The molecule has 0 fully saturated rings. The van der Waals surface area contributed by atoms with E-state index in [2.05, 4.69) is 12.2 Å². The van der Waals surface area contributed by atoms with E-state index in [9.17, 15) is 4.79 Å². The highest BCUT2D eigenvalue weighted by molar-refractivity contribution is 5.77. The molecule has 0 bridgehead atoms. The van der Waals surface area contributed by atoms with Gasteiger partial charge in [0.05, 0.1) is 0 Å². The smallest absolute Gasteiger partial charge is 0.222 e. The van der Waals surface area contributed by atoms with Gasteiger partial charge in [0.1, 0.15) is 0 Å². The van der Waals surface area contributed by atoms with Gasteiger partial charge in [0.15, 0.2) is 0 Å². The summed E-state index contributed by atoms with van der Waals surface area (Å²) in [5.74, 6) is 0.235. The van der Waals surface area contributed by atoms with Crippen LogP contribution >= 0.6 is 0 Å². The van der Waals surface area contributed by atoms with Gasteiger partial charge in [-0.3, -0.25) is 4.79 Å². The molecule has 0 aliphatic heterocycles. The van der Waals surface area contributed by atoms with Crippen LogP contribution in [0, 0.1) is 12.8 Å². The van der Waals surface area contributed by atoms with Gasteiger partial charge in [-0.05, 0) is 6.42 Å². The molecule has 0 aromatic rings. The zero-order valence-corrected chi connectivity index (χ0v) is 6.81. The number of rotatable bonds is 4. The van der Waals surface area contributed by atoms with Crippen molar-refractivity contribution in [1.82, 2.24) is 5.32 Å².